The fourth-order valence-electron chi connectivity index (χ4n) is 6.75. The van der Waals surface area contributed by atoms with Crippen LogP contribution in [0.15, 0.2) is 50.9 Å². The van der Waals surface area contributed by atoms with Crippen LogP contribution in [0.3, 0.4) is 0 Å². The van der Waals surface area contributed by atoms with Gasteiger partial charge in [0.1, 0.15) is 29.7 Å². The van der Waals surface area contributed by atoms with E-state index in [1.807, 2.05) is 0 Å². The van der Waals surface area contributed by atoms with Gasteiger partial charge in [-0.3, -0.25) is 9.36 Å². The topological polar surface area (TPSA) is 93.7 Å². The molecule has 252 valence electrons. The van der Waals surface area contributed by atoms with Gasteiger partial charge in [0.25, 0.3) is 5.88 Å². The summed E-state index contributed by atoms with van der Waals surface area (Å²) in [5, 5.41) is 2.59. The van der Waals surface area contributed by atoms with Crippen molar-refractivity contribution >= 4 is 46.0 Å². The molecule has 4 heterocycles. The highest BCUT2D eigenvalue weighted by atomic mass is 35.5. The van der Waals surface area contributed by atoms with Crippen LogP contribution in [0.1, 0.15) is 43.1 Å². The van der Waals surface area contributed by atoms with Crippen molar-refractivity contribution in [3.63, 3.8) is 0 Å². The number of rotatable bonds is 5. The van der Waals surface area contributed by atoms with Crippen LogP contribution in [-0.2, 0) is 17.5 Å². The molecule has 16 heteroatoms. The average molecular weight is 700 g/mol. The van der Waals surface area contributed by atoms with Gasteiger partial charge in [-0.2, -0.15) is 18.2 Å². The molecular formula is C31H31ClF5N5O4S. The lowest BCUT2D eigenvalue weighted by Gasteiger charge is -2.44. The SMILES string of the molecule is C=CC(=O)N1[C@H](C)CN(c2nc(=O)n3c4c(c(C5CC(Cl)C(F)C=C5F)c(C(F)(F)F)cc24)SC[C@@H](Oc2cc(C)on2)C3)C[C@@H]1C. The van der Waals surface area contributed by atoms with Gasteiger partial charge in [-0.15, -0.1) is 23.4 Å². The Morgan fingerprint density at radius 2 is 1.91 bits per heavy atom. The second-order valence-corrected chi connectivity index (χ2v) is 13.7. The molecule has 3 aromatic rings. The average Bonchev–Trinajstić information content (AvgIpc) is 3.30. The molecule has 0 spiro atoms. The number of carbonyl (C=O) groups is 1. The molecule has 6 atom stereocenters. The molecule has 6 rings (SSSR count). The Balaban J connectivity index is 1.58. The zero-order chi connectivity index (χ0) is 33.9. The minimum absolute atomic E-state index is 0.00861. The van der Waals surface area contributed by atoms with E-state index in [-0.39, 0.29) is 58.8 Å². The van der Waals surface area contributed by atoms with Gasteiger partial charge in [0.15, 0.2) is 0 Å². The summed E-state index contributed by atoms with van der Waals surface area (Å²) in [7, 11) is 0. The van der Waals surface area contributed by atoms with Crippen molar-refractivity contribution in [2.75, 3.05) is 23.7 Å². The number of alkyl halides is 5. The van der Waals surface area contributed by atoms with E-state index >= 15 is 17.6 Å². The molecule has 2 aromatic heterocycles. The largest absolute Gasteiger partial charge is 0.469 e. The standard InChI is InChI=1S/C31H31ClF5N5O4S/c1-5-25(43)42-14(2)10-40(11-15(42)3)29-19-7-20(31(35,36)37)26(18-8-21(32)23(34)9-22(18)33)28-27(19)41(30(44)38-29)12-17(13-47-28)45-24-6-16(4)46-39-24/h5-7,9,14-15,17-18,21,23H,1,8,10-13H2,2-4H3/t14-,15+,17-,18?,21?,23?/m0/s1. The van der Waals surface area contributed by atoms with Gasteiger partial charge < -0.3 is 19.1 Å². The summed E-state index contributed by atoms with van der Waals surface area (Å²) in [6.45, 7) is 9.02. The first-order chi connectivity index (χ1) is 22.2. The van der Waals surface area contributed by atoms with Crippen molar-refractivity contribution < 1.29 is 36.0 Å². The van der Waals surface area contributed by atoms with Crippen LogP contribution in [0.4, 0.5) is 27.8 Å². The van der Waals surface area contributed by atoms with E-state index in [9.17, 15) is 14.0 Å². The number of ether oxygens (including phenoxy) is 1. The van der Waals surface area contributed by atoms with Crippen LogP contribution in [0.5, 0.6) is 5.88 Å². The second-order valence-electron chi connectivity index (χ2n) is 12.1. The molecule has 0 bridgehead atoms. The van der Waals surface area contributed by atoms with Crippen molar-refractivity contribution in [3.05, 3.63) is 64.1 Å². The quantitative estimate of drug-likeness (QED) is 0.178. The Morgan fingerprint density at radius 3 is 2.53 bits per heavy atom. The molecule has 1 amide bonds. The number of thioether (sulfide) groups is 1. The lowest BCUT2D eigenvalue weighted by Crippen LogP contribution is -2.58. The molecule has 0 saturated carbocycles. The highest BCUT2D eigenvalue weighted by molar-refractivity contribution is 7.99. The predicted octanol–water partition coefficient (Wildman–Crippen LogP) is 6.16. The van der Waals surface area contributed by atoms with Crippen molar-refractivity contribution in [3.8, 4) is 5.88 Å². The number of aromatic nitrogens is 3. The first-order valence-electron chi connectivity index (χ1n) is 14.9. The van der Waals surface area contributed by atoms with Gasteiger partial charge in [0.05, 0.1) is 23.0 Å². The molecule has 1 aromatic carbocycles. The summed E-state index contributed by atoms with van der Waals surface area (Å²) in [6.07, 6.45) is -6.24. The number of hydrogen-bond acceptors (Lipinski definition) is 8. The van der Waals surface area contributed by atoms with Gasteiger partial charge in [0, 0.05) is 53.2 Å². The molecule has 2 aliphatic heterocycles. The van der Waals surface area contributed by atoms with E-state index in [0.717, 1.165) is 17.8 Å². The molecule has 1 saturated heterocycles. The highest BCUT2D eigenvalue weighted by Gasteiger charge is 2.44. The van der Waals surface area contributed by atoms with Crippen LogP contribution in [0.2, 0.25) is 0 Å². The summed E-state index contributed by atoms with van der Waals surface area (Å²) >= 11 is 7.14. The summed E-state index contributed by atoms with van der Waals surface area (Å²) in [5.74, 6) is -2.23. The fourth-order valence-corrected chi connectivity index (χ4v) is 8.29. The van der Waals surface area contributed by atoms with Gasteiger partial charge in [0.2, 0.25) is 5.91 Å². The number of halogens is 6. The number of hydrogen-bond donors (Lipinski definition) is 0. The molecule has 0 radical (unpaired) electrons. The highest BCUT2D eigenvalue weighted by Crippen LogP contribution is 2.51. The van der Waals surface area contributed by atoms with E-state index in [4.69, 9.17) is 20.9 Å². The number of piperazine rings is 1. The second kappa shape index (κ2) is 12.5. The third kappa shape index (κ3) is 6.12. The van der Waals surface area contributed by atoms with Crippen LogP contribution < -0.4 is 15.3 Å². The molecule has 1 fully saturated rings. The van der Waals surface area contributed by atoms with E-state index in [2.05, 4.69) is 16.7 Å². The lowest BCUT2D eigenvalue weighted by atomic mass is 9.83. The van der Waals surface area contributed by atoms with Gasteiger partial charge in [-0.25, -0.2) is 13.6 Å². The molecular weight excluding hydrogens is 669 g/mol. The smallest absolute Gasteiger partial charge is 0.416 e. The van der Waals surface area contributed by atoms with E-state index in [1.54, 1.807) is 30.6 Å². The van der Waals surface area contributed by atoms with Gasteiger partial charge in [-0.05, 0) is 56.1 Å². The number of allylic oxidation sites excluding steroid dienone is 2. The lowest BCUT2D eigenvalue weighted by molar-refractivity contribution is -0.138. The van der Waals surface area contributed by atoms with Crippen LogP contribution >= 0.6 is 23.4 Å². The fraction of sp³-hybridized carbons (Fsp3) is 0.484. The number of amides is 1. The van der Waals surface area contributed by atoms with E-state index in [0.29, 0.717) is 11.8 Å². The Labute approximate surface area is 275 Å². The van der Waals surface area contributed by atoms with Gasteiger partial charge in [-0.1, -0.05) is 6.58 Å². The number of anilines is 1. The molecule has 3 unspecified atom stereocenters. The number of nitrogens with zero attached hydrogens (tertiary/aromatic N) is 5. The number of aryl methyl sites for hydroxylation is 1. The summed E-state index contributed by atoms with van der Waals surface area (Å²) in [4.78, 5) is 34.0. The van der Waals surface area contributed by atoms with Crippen molar-refractivity contribution in [2.24, 2.45) is 0 Å². The molecule has 9 nitrogen and oxygen atoms in total. The monoisotopic (exact) mass is 699 g/mol. The molecule has 3 aliphatic rings. The van der Waals surface area contributed by atoms with Crippen LogP contribution in [0, 0.1) is 6.92 Å². The van der Waals surface area contributed by atoms with Crippen LogP contribution in [0.25, 0.3) is 10.9 Å². The van der Waals surface area contributed by atoms with Crippen molar-refractivity contribution in [2.45, 2.75) is 80.5 Å². The third-order valence-electron chi connectivity index (χ3n) is 8.69. The van der Waals surface area contributed by atoms with Gasteiger partial charge >= 0.3 is 11.9 Å². The minimum Gasteiger partial charge on any atom is -0.469 e. The van der Waals surface area contributed by atoms with E-state index in [1.165, 1.54) is 16.7 Å². The Bertz CT molecular complexity index is 1820. The summed E-state index contributed by atoms with van der Waals surface area (Å²) < 4.78 is 87.3. The van der Waals surface area contributed by atoms with Crippen molar-refractivity contribution in [1.82, 2.24) is 19.6 Å². The maximum atomic E-state index is 15.5. The molecule has 1 aliphatic carbocycles. The molecule has 47 heavy (non-hydrogen) atoms. The Morgan fingerprint density at radius 1 is 1.21 bits per heavy atom. The summed E-state index contributed by atoms with van der Waals surface area (Å²) in [5.41, 5.74) is -2.19. The first-order valence-corrected chi connectivity index (χ1v) is 16.4. The Kier molecular flexibility index (Phi) is 8.83. The van der Waals surface area contributed by atoms with E-state index < -0.39 is 70.9 Å². The minimum atomic E-state index is -4.97. The third-order valence-corrected chi connectivity index (χ3v) is 10.3. The summed E-state index contributed by atoms with van der Waals surface area (Å²) in [6, 6.07) is 1.64. The maximum absolute atomic E-state index is 15.5. The predicted molar refractivity (Wildman–Crippen MR) is 167 cm³/mol. The Hall–Kier alpha value is -3.59. The van der Waals surface area contributed by atoms with Crippen LogP contribution in [-0.4, -0.2) is 74.1 Å². The van der Waals surface area contributed by atoms with Crippen molar-refractivity contribution in [1.29, 1.82) is 0 Å². The molecule has 0 N–H and O–H groups in total. The normalized spacial score (nSPS) is 26.6. The maximum Gasteiger partial charge on any atom is 0.416 e. The zero-order valence-corrected chi connectivity index (χ0v) is 27.1. The first kappa shape index (κ1) is 33.3. The number of carbonyl (C=O) groups excluding carboxylic acids is 1. The number of benzene rings is 1. The zero-order valence-electron chi connectivity index (χ0n) is 25.6.